The van der Waals surface area contributed by atoms with E-state index in [9.17, 15) is 8.42 Å². The molecule has 2 heterocycles. The van der Waals surface area contributed by atoms with Gasteiger partial charge in [-0.15, -0.1) is 12.4 Å². The van der Waals surface area contributed by atoms with Gasteiger partial charge in [-0.05, 0) is 18.9 Å². The van der Waals surface area contributed by atoms with Crippen LogP contribution in [-0.4, -0.2) is 47.0 Å². The highest BCUT2D eigenvalue weighted by atomic mass is 35.5. The summed E-state index contributed by atoms with van der Waals surface area (Å²) < 4.78 is 30.1. The number of hydrogen-bond donors (Lipinski definition) is 2. The zero-order chi connectivity index (χ0) is 10.9. The highest BCUT2D eigenvalue weighted by Gasteiger charge is 2.38. The van der Waals surface area contributed by atoms with Gasteiger partial charge in [0, 0.05) is 19.0 Å². The van der Waals surface area contributed by atoms with E-state index in [0.29, 0.717) is 18.4 Å². The van der Waals surface area contributed by atoms with Crippen molar-refractivity contribution in [3.8, 4) is 0 Å². The van der Waals surface area contributed by atoms with Crippen LogP contribution in [0.4, 0.5) is 0 Å². The minimum Gasteiger partial charge on any atom is -0.376 e. The lowest BCUT2D eigenvalue weighted by atomic mass is 9.85. The number of piperidine rings is 1. The predicted octanol–water partition coefficient (Wildman–Crippen LogP) is -0.418. The van der Waals surface area contributed by atoms with Crippen molar-refractivity contribution in [1.29, 1.82) is 0 Å². The minimum absolute atomic E-state index is 0. The van der Waals surface area contributed by atoms with Gasteiger partial charge in [-0.1, -0.05) is 0 Å². The van der Waals surface area contributed by atoms with Crippen molar-refractivity contribution in [2.75, 3.05) is 32.5 Å². The Kier molecular flexibility index (Phi) is 5.00. The molecular weight excluding hydrogens is 252 g/mol. The van der Waals surface area contributed by atoms with Gasteiger partial charge in [-0.25, -0.2) is 13.1 Å². The normalized spacial score (nSPS) is 34.2. The van der Waals surface area contributed by atoms with Crippen molar-refractivity contribution < 1.29 is 13.2 Å². The second-order valence-corrected chi connectivity index (χ2v) is 6.24. The standard InChI is InChI=1S/C9H18N2O3S.ClH/c1-15(12,13)11-5-9-8-2-3-10-4-7(8)6-14-9;/h7-11H,2-6H2,1H3;1H/t7-,8-,9-;/m1./s1. The number of halogens is 1. The average molecular weight is 271 g/mol. The van der Waals surface area contributed by atoms with Gasteiger partial charge in [0.1, 0.15) is 0 Å². The average Bonchev–Trinajstić information content (AvgIpc) is 2.57. The molecule has 0 unspecified atom stereocenters. The number of rotatable bonds is 3. The first-order chi connectivity index (χ1) is 7.06. The molecule has 7 heteroatoms. The highest BCUT2D eigenvalue weighted by molar-refractivity contribution is 7.88. The van der Waals surface area contributed by atoms with Crippen molar-refractivity contribution in [2.24, 2.45) is 11.8 Å². The first-order valence-corrected chi connectivity index (χ1v) is 7.22. The Hall–Kier alpha value is 0.120. The van der Waals surface area contributed by atoms with E-state index in [1.165, 1.54) is 6.26 Å². The Morgan fingerprint density at radius 3 is 2.94 bits per heavy atom. The first kappa shape index (κ1) is 14.2. The van der Waals surface area contributed by atoms with Crippen LogP contribution in [0.2, 0.25) is 0 Å². The quantitative estimate of drug-likeness (QED) is 0.731. The van der Waals surface area contributed by atoms with Crippen LogP contribution >= 0.6 is 12.4 Å². The highest BCUT2D eigenvalue weighted by Crippen LogP contribution is 2.31. The summed E-state index contributed by atoms with van der Waals surface area (Å²) in [5, 5.41) is 3.33. The van der Waals surface area contributed by atoms with Gasteiger partial charge in [-0.2, -0.15) is 0 Å². The molecule has 0 bridgehead atoms. The monoisotopic (exact) mass is 270 g/mol. The van der Waals surface area contributed by atoms with Crippen LogP contribution in [0.1, 0.15) is 6.42 Å². The van der Waals surface area contributed by atoms with Crippen LogP contribution < -0.4 is 10.0 Å². The molecule has 5 nitrogen and oxygen atoms in total. The molecule has 2 N–H and O–H groups in total. The first-order valence-electron chi connectivity index (χ1n) is 5.33. The van der Waals surface area contributed by atoms with E-state index in [1.54, 1.807) is 0 Å². The molecule has 3 atom stereocenters. The molecule has 0 spiro atoms. The molecule has 0 aromatic heterocycles. The summed E-state index contributed by atoms with van der Waals surface area (Å²) in [5.74, 6) is 1.07. The number of ether oxygens (including phenoxy) is 1. The van der Waals surface area contributed by atoms with Crippen molar-refractivity contribution >= 4 is 22.4 Å². The minimum atomic E-state index is -3.10. The van der Waals surface area contributed by atoms with E-state index < -0.39 is 10.0 Å². The molecule has 0 aromatic rings. The van der Waals surface area contributed by atoms with Gasteiger partial charge in [0.15, 0.2) is 0 Å². The molecule has 2 aliphatic rings. The maximum absolute atomic E-state index is 11.0. The predicted molar refractivity (Wildman–Crippen MR) is 64.3 cm³/mol. The van der Waals surface area contributed by atoms with E-state index >= 15 is 0 Å². The summed E-state index contributed by atoms with van der Waals surface area (Å²) in [6.45, 7) is 3.19. The lowest BCUT2D eigenvalue weighted by Gasteiger charge is -2.27. The van der Waals surface area contributed by atoms with Crippen LogP contribution in [0.25, 0.3) is 0 Å². The zero-order valence-electron chi connectivity index (χ0n) is 9.31. The Morgan fingerprint density at radius 1 is 1.50 bits per heavy atom. The molecule has 2 fully saturated rings. The van der Waals surface area contributed by atoms with E-state index in [1.807, 2.05) is 0 Å². The third-order valence-electron chi connectivity index (χ3n) is 3.22. The lowest BCUT2D eigenvalue weighted by Crippen LogP contribution is -2.41. The number of sulfonamides is 1. The van der Waals surface area contributed by atoms with Gasteiger partial charge in [0.25, 0.3) is 0 Å². The summed E-state index contributed by atoms with van der Waals surface area (Å²) in [6.07, 6.45) is 2.33. The topological polar surface area (TPSA) is 67.4 Å². The number of nitrogens with one attached hydrogen (secondary N) is 2. The van der Waals surface area contributed by atoms with Gasteiger partial charge < -0.3 is 10.1 Å². The molecule has 0 saturated carbocycles. The van der Waals surface area contributed by atoms with Crippen molar-refractivity contribution in [3.05, 3.63) is 0 Å². The third kappa shape index (κ3) is 3.56. The zero-order valence-corrected chi connectivity index (χ0v) is 10.9. The Labute approximate surface area is 103 Å². The maximum Gasteiger partial charge on any atom is 0.208 e. The summed E-state index contributed by atoms with van der Waals surface area (Å²) in [5.41, 5.74) is 0. The Bertz CT molecular complexity index is 323. The SMILES string of the molecule is CS(=O)(=O)NC[C@H]1OC[C@H]2CNCC[C@H]21.Cl. The van der Waals surface area contributed by atoms with Crippen LogP contribution in [0.5, 0.6) is 0 Å². The molecule has 2 saturated heterocycles. The van der Waals surface area contributed by atoms with Crippen molar-refractivity contribution in [1.82, 2.24) is 10.0 Å². The van der Waals surface area contributed by atoms with Gasteiger partial charge in [0.2, 0.25) is 10.0 Å². The van der Waals surface area contributed by atoms with E-state index in [4.69, 9.17) is 4.74 Å². The number of fused-ring (bicyclic) bond motifs is 1. The van der Waals surface area contributed by atoms with Crippen LogP contribution in [0.3, 0.4) is 0 Å². The summed E-state index contributed by atoms with van der Waals surface area (Å²) >= 11 is 0. The van der Waals surface area contributed by atoms with E-state index in [0.717, 1.165) is 26.1 Å². The molecule has 0 aliphatic carbocycles. The van der Waals surface area contributed by atoms with E-state index in [-0.39, 0.29) is 18.5 Å². The summed E-state index contributed by atoms with van der Waals surface area (Å²) in [4.78, 5) is 0. The molecule has 0 amide bonds. The van der Waals surface area contributed by atoms with E-state index in [2.05, 4.69) is 10.0 Å². The second-order valence-electron chi connectivity index (χ2n) is 4.41. The number of hydrogen-bond acceptors (Lipinski definition) is 4. The summed E-state index contributed by atoms with van der Waals surface area (Å²) in [7, 11) is -3.10. The van der Waals surface area contributed by atoms with Crippen molar-refractivity contribution in [2.45, 2.75) is 12.5 Å². The van der Waals surface area contributed by atoms with Gasteiger partial charge >= 0.3 is 0 Å². The second kappa shape index (κ2) is 5.64. The summed E-state index contributed by atoms with van der Waals surface area (Å²) in [6, 6.07) is 0. The molecule has 16 heavy (non-hydrogen) atoms. The fourth-order valence-electron chi connectivity index (χ4n) is 2.43. The fourth-order valence-corrected chi connectivity index (χ4v) is 2.90. The smallest absolute Gasteiger partial charge is 0.208 e. The fraction of sp³-hybridized carbons (Fsp3) is 1.00. The largest absolute Gasteiger partial charge is 0.376 e. The third-order valence-corrected chi connectivity index (χ3v) is 3.91. The van der Waals surface area contributed by atoms with Crippen LogP contribution in [0.15, 0.2) is 0 Å². The molecule has 0 radical (unpaired) electrons. The molecule has 96 valence electrons. The van der Waals surface area contributed by atoms with Crippen molar-refractivity contribution in [3.63, 3.8) is 0 Å². The molecular formula is C9H19ClN2O3S. The molecule has 2 rings (SSSR count). The lowest BCUT2D eigenvalue weighted by molar-refractivity contribution is 0.0928. The van der Waals surface area contributed by atoms with Crippen LogP contribution in [-0.2, 0) is 14.8 Å². The molecule has 2 aliphatic heterocycles. The van der Waals surface area contributed by atoms with Gasteiger partial charge in [0.05, 0.1) is 19.0 Å². The Morgan fingerprint density at radius 2 is 2.25 bits per heavy atom. The maximum atomic E-state index is 11.0. The van der Waals surface area contributed by atoms with Gasteiger partial charge in [-0.3, -0.25) is 0 Å². The van der Waals surface area contributed by atoms with Crippen LogP contribution in [0, 0.1) is 11.8 Å². The molecule has 0 aromatic carbocycles. The Balaban J connectivity index is 0.00000128.